The first-order chi connectivity index (χ1) is 15.2. The molecule has 0 saturated carbocycles. The third-order valence-corrected chi connectivity index (χ3v) is 6.95. The van der Waals surface area contributed by atoms with Crippen LogP contribution in [0.3, 0.4) is 0 Å². The Morgan fingerprint density at radius 3 is 2.47 bits per heavy atom. The Balaban J connectivity index is 1.57. The van der Waals surface area contributed by atoms with Crippen LogP contribution in [0.4, 0.5) is 4.39 Å². The van der Waals surface area contributed by atoms with E-state index < -0.39 is 40.7 Å². The lowest BCUT2D eigenvalue weighted by Gasteiger charge is -2.31. The lowest BCUT2D eigenvalue weighted by molar-refractivity contribution is -0.125. The lowest BCUT2D eigenvalue weighted by atomic mass is 10.1. The van der Waals surface area contributed by atoms with E-state index in [9.17, 15) is 22.7 Å². The third-order valence-electron chi connectivity index (χ3n) is 4.74. The summed E-state index contributed by atoms with van der Waals surface area (Å²) in [5, 5.41) is 13.2. The average molecular weight is 503 g/mol. The second-order valence-corrected chi connectivity index (χ2v) is 9.64. The van der Waals surface area contributed by atoms with Crippen molar-refractivity contribution in [3.63, 3.8) is 0 Å². The van der Waals surface area contributed by atoms with Crippen LogP contribution in [0, 0.1) is 5.82 Å². The molecule has 0 unspecified atom stereocenters. The van der Waals surface area contributed by atoms with Crippen molar-refractivity contribution < 1.29 is 27.4 Å². The van der Waals surface area contributed by atoms with Gasteiger partial charge in [-0.25, -0.2) is 17.5 Å². The molecular weight excluding hydrogens is 482 g/mol. The van der Waals surface area contributed by atoms with E-state index in [1.54, 1.807) is 24.3 Å². The van der Waals surface area contributed by atoms with Crippen molar-refractivity contribution in [1.29, 1.82) is 0 Å². The van der Waals surface area contributed by atoms with E-state index in [4.69, 9.17) is 27.9 Å². The molecule has 0 radical (unpaired) electrons. The molecule has 0 aromatic heterocycles. The Bertz CT molecular complexity index is 1100. The van der Waals surface area contributed by atoms with Gasteiger partial charge in [-0.2, -0.15) is 0 Å². The van der Waals surface area contributed by atoms with Crippen LogP contribution in [0.25, 0.3) is 0 Å². The maximum atomic E-state index is 13.1. The number of carbonyl (C=O) groups excluding carboxylic acids is 1. The first-order valence-corrected chi connectivity index (χ1v) is 11.8. The number of benzene rings is 2. The predicted molar refractivity (Wildman–Crippen MR) is 118 cm³/mol. The normalized spacial score (nSPS) is 20.8. The SMILES string of the molecule is O=C(C[C@@H]1C=C[C@@H](NS(=O)(=O)c2ccc(F)cc2)[C@@H](CO)O1)NCc1ccc(Cl)c(Cl)c1. The van der Waals surface area contributed by atoms with Crippen molar-refractivity contribution in [2.45, 2.75) is 36.1 Å². The molecule has 3 atom stereocenters. The molecule has 0 aliphatic carbocycles. The van der Waals surface area contributed by atoms with Gasteiger partial charge in [-0.3, -0.25) is 4.79 Å². The Labute approximate surface area is 195 Å². The zero-order valence-electron chi connectivity index (χ0n) is 16.7. The van der Waals surface area contributed by atoms with Gasteiger partial charge in [-0.05, 0) is 42.0 Å². The van der Waals surface area contributed by atoms with Gasteiger partial charge in [0.05, 0.1) is 40.1 Å². The van der Waals surface area contributed by atoms with Gasteiger partial charge in [0.2, 0.25) is 15.9 Å². The fourth-order valence-electron chi connectivity index (χ4n) is 3.08. The Kier molecular flexibility index (Phi) is 8.26. The van der Waals surface area contributed by atoms with Crippen LogP contribution in [0.2, 0.25) is 10.0 Å². The number of hydrogen-bond acceptors (Lipinski definition) is 5. The van der Waals surface area contributed by atoms with Crippen LogP contribution in [-0.4, -0.2) is 44.3 Å². The minimum Gasteiger partial charge on any atom is -0.394 e. The smallest absolute Gasteiger partial charge is 0.241 e. The summed E-state index contributed by atoms with van der Waals surface area (Å²) in [6, 6.07) is 8.53. The van der Waals surface area contributed by atoms with Crippen molar-refractivity contribution in [3.05, 3.63) is 76.0 Å². The highest BCUT2D eigenvalue weighted by Crippen LogP contribution is 2.23. The maximum Gasteiger partial charge on any atom is 0.241 e. The molecule has 3 rings (SSSR count). The summed E-state index contributed by atoms with van der Waals surface area (Å²) in [7, 11) is -3.96. The molecule has 0 bridgehead atoms. The standard InChI is InChI=1S/C21H21Cl2FN2O5S/c22-17-7-1-13(9-18(17)23)11-25-21(28)10-15-4-8-19(20(12-27)31-15)26-32(29,30)16-5-2-14(24)3-6-16/h1-9,15,19-20,26-27H,10-12H2,(H,25,28)/t15-,19+,20+/m0/s1. The van der Waals surface area contributed by atoms with Crippen LogP contribution in [0.1, 0.15) is 12.0 Å². The second kappa shape index (κ2) is 10.7. The van der Waals surface area contributed by atoms with Gasteiger partial charge in [-0.1, -0.05) is 41.4 Å². The summed E-state index contributed by atoms with van der Waals surface area (Å²) in [5.41, 5.74) is 0.774. The molecule has 7 nitrogen and oxygen atoms in total. The number of halogens is 3. The molecule has 172 valence electrons. The number of rotatable bonds is 8. The van der Waals surface area contributed by atoms with Crippen LogP contribution in [0.5, 0.6) is 0 Å². The monoisotopic (exact) mass is 502 g/mol. The molecular formula is C21H21Cl2FN2O5S. The van der Waals surface area contributed by atoms with E-state index in [-0.39, 0.29) is 23.8 Å². The molecule has 32 heavy (non-hydrogen) atoms. The summed E-state index contributed by atoms with van der Waals surface area (Å²) < 4.78 is 46.2. The highest BCUT2D eigenvalue weighted by Gasteiger charge is 2.31. The lowest BCUT2D eigenvalue weighted by Crippen LogP contribution is -2.49. The molecule has 0 fully saturated rings. The Hall–Kier alpha value is -2.01. The fraction of sp³-hybridized carbons (Fsp3) is 0.286. The van der Waals surface area contributed by atoms with Crippen LogP contribution in [-0.2, 0) is 26.1 Å². The summed E-state index contributed by atoms with van der Waals surface area (Å²) in [5.74, 6) is -0.855. The van der Waals surface area contributed by atoms with Gasteiger partial charge in [0.1, 0.15) is 11.9 Å². The minimum atomic E-state index is -3.96. The Morgan fingerprint density at radius 2 is 1.81 bits per heavy atom. The number of aliphatic hydroxyl groups is 1. The van der Waals surface area contributed by atoms with Crippen molar-refractivity contribution in [2.24, 2.45) is 0 Å². The summed E-state index contributed by atoms with van der Waals surface area (Å²) in [6.07, 6.45) is 1.52. The van der Waals surface area contributed by atoms with Gasteiger partial charge < -0.3 is 15.2 Å². The molecule has 1 amide bonds. The number of hydrogen-bond donors (Lipinski definition) is 3. The molecule has 2 aromatic carbocycles. The number of sulfonamides is 1. The number of ether oxygens (including phenoxy) is 1. The summed E-state index contributed by atoms with van der Waals surface area (Å²) in [4.78, 5) is 12.1. The number of carbonyl (C=O) groups is 1. The highest BCUT2D eigenvalue weighted by molar-refractivity contribution is 7.89. The zero-order chi connectivity index (χ0) is 23.3. The van der Waals surface area contributed by atoms with Crippen molar-refractivity contribution in [2.75, 3.05) is 6.61 Å². The van der Waals surface area contributed by atoms with E-state index in [1.807, 2.05) is 0 Å². The summed E-state index contributed by atoms with van der Waals surface area (Å²) in [6.45, 7) is -0.224. The van der Waals surface area contributed by atoms with E-state index >= 15 is 0 Å². The van der Waals surface area contributed by atoms with Gasteiger partial charge in [0.15, 0.2) is 0 Å². The summed E-state index contributed by atoms with van der Waals surface area (Å²) >= 11 is 11.8. The molecule has 1 aliphatic rings. The van der Waals surface area contributed by atoms with E-state index in [0.29, 0.717) is 10.0 Å². The second-order valence-electron chi connectivity index (χ2n) is 7.11. The number of nitrogens with one attached hydrogen (secondary N) is 2. The molecule has 1 aliphatic heterocycles. The maximum absolute atomic E-state index is 13.1. The van der Waals surface area contributed by atoms with Crippen molar-refractivity contribution >= 4 is 39.1 Å². The predicted octanol–water partition coefficient (Wildman–Crippen LogP) is 2.80. The quantitative estimate of drug-likeness (QED) is 0.481. The third kappa shape index (κ3) is 6.50. The first-order valence-electron chi connectivity index (χ1n) is 9.61. The number of aliphatic hydroxyl groups excluding tert-OH is 1. The molecule has 11 heteroatoms. The Morgan fingerprint density at radius 1 is 1.09 bits per heavy atom. The van der Waals surface area contributed by atoms with Gasteiger partial charge in [0.25, 0.3) is 0 Å². The van der Waals surface area contributed by atoms with E-state index in [2.05, 4.69) is 10.0 Å². The first kappa shape index (κ1) is 24.6. The molecule has 0 spiro atoms. The molecule has 1 heterocycles. The highest BCUT2D eigenvalue weighted by atomic mass is 35.5. The van der Waals surface area contributed by atoms with Crippen LogP contribution < -0.4 is 10.0 Å². The number of amides is 1. The van der Waals surface area contributed by atoms with Gasteiger partial charge >= 0.3 is 0 Å². The molecule has 0 saturated heterocycles. The average Bonchev–Trinajstić information content (AvgIpc) is 2.75. The topological polar surface area (TPSA) is 105 Å². The van der Waals surface area contributed by atoms with Gasteiger partial charge in [0, 0.05) is 6.54 Å². The van der Waals surface area contributed by atoms with Crippen LogP contribution >= 0.6 is 23.2 Å². The molecule has 2 aromatic rings. The van der Waals surface area contributed by atoms with E-state index in [1.165, 1.54) is 6.08 Å². The van der Waals surface area contributed by atoms with Crippen molar-refractivity contribution in [1.82, 2.24) is 10.0 Å². The minimum absolute atomic E-state index is 0.0221. The molecule has 3 N–H and O–H groups in total. The van der Waals surface area contributed by atoms with Crippen LogP contribution in [0.15, 0.2) is 59.5 Å². The van der Waals surface area contributed by atoms with Crippen molar-refractivity contribution in [3.8, 4) is 0 Å². The van der Waals surface area contributed by atoms with Gasteiger partial charge in [-0.15, -0.1) is 0 Å². The van der Waals surface area contributed by atoms with E-state index in [0.717, 1.165) is 29.8 Å². The fourth-order valence-corrected chi connectivity index (χ4v) is 4.62. The largest absolute Gasteiger partial charge is 0.394 e. The zero-order valence-corrected chi connectivity index (χ0v) is 19.0.